The van der Waals surface area contributed by atoms with Crippen LogP contribution < -0.4 is 10.1 Å². The van der Waals surface area contributed by atoms with Gasteiger partial charge in [-0.25, -0.2) is 0 Å². The first kappa shape index (κ1) is 13.7. The minimum absolute atomic E-state index is 0.00414. The molecule has 4 nitrogen and oxygen atoms in total. The summed E-state index contributed by atoms with van der Waals surface area (Å²) in [6, 6.07) is 5.57. The lowest BCUT2D eigenvalue weighted by Crippen LogP contribution is -2.24. The lowest BCUT2D eigenvalue weighted by Gasteiger charge is -2.21. The zero-order chi connectivity index (χ0) is 14.1. The molecule has 3 rings (SSSR count). The minimum atomic E-state index is -0.242. The largest absolute Gasteiger partial charge is 0.491 e. The topological polar surface area (TPSA) is 47.6 Å². The van der Waals surface area contributed by atoms with Crippen molar-refractivity contribution in [2.75, 3.05) is 19.8 Å². The Balaban J connectivity index is 1.89. The zero-order valence-corrected chi connectivity index (χ0v) is 12.2. The number of nitrogens with one attached hydrogen (secondary N) is 1. The van der Waals surface area contributed by atoms with Crippen molar-refractivity contribution in [3.63, 3.8) is 0 Å². The summed E-state index contributed by atoms with van der Waals surface area (Å²) in [7, 11) is 0. The van der Waals surface area contributed by atoms with Gasteiger partial charge in [0.05, 0.1) is 23.6 Å². The molecule has 108 valence electrons. The van der Waals surface area contributed by atoms with E-state index in [1.54, 1.807) is 0 Å². The molecule has 1 fully saturated rings. The molecule has 1 N–H and O–H groups in total. The maximum absolute atomic E-state index is 12.0. The number of hydrogen-bond donors (Lipinski definition) is 1. The fraction of sp³-hybridized carbons (Fsp3) is 0.533. The van der Waals surface area contributed by atoms with Crippen molar-refractivity contribution in [1.82, 2.24) is 5.32 Å². The molecule has 3 unspecified atom stereocenters. The molecule has 2 heterocycles. The number of rotatable bonds is 2. The van der Waals surface area contributed by atoms with Gasteiger partial charge in [0.15, 0.2) is 0 Å². The van der Waals surface area contributed by atoms with E-state index >= 15 is 0 Å². The Morgan fingerprint density at radius 2 is 2.25 bits per heavy atom. The third-order valence-corrected chi connectivity index (χ3v) is 4.44. The Hall–Kier alpha value is -1.26. The van der Waals surface area contributed by atoms with Crippen LogP contribution in [0.15, 0.2) is 18.2 Å². The molecule has 1 amide bonds. The molecular formula is C15H18ClNO3. The molecule has 1 aromatic rings. The standard InChI is InChI=1S/C15H18ClNO3/c1-9-4-6-20-14(9)13(16)10-2-3-12-11(8-10)15(18)17-5-7-19-12/h2-3,8-9,13-14H,4-7H2,1H3,(H,17,18). The number of fused-ring (bicyclic) bond motifs is 1. The van der Waals surface area contributed by atoms with E-state index in [1.807, 2.05) is 18.2 Å². The first-order chi connectivity index (χ1) is 9.66. The van der Waals surface area contributed by atoms with E-state index in [2.05, 4.69) is 12.2 Å². The lowest BCUT2D eigenvalue weighted by molar-refractivity contribution is 0.0901. The van der Waals surface area contributed by atoms with E-state index in [0.29, 0.717) is 30.4 Å². The molecule has 0 aliphatic carbocycles. The highest BCUT2D eigenvalue weighted by atomic mass is 35.5. The highest BCUT2D eigenvalue weighted by molar-refractivity contribution is 6.21. The van der Waals surface area contributed by atoms with Gasteiger partial charge in [-0.05, 0) is 30.0 Å². The molecule has 1 aromatic carbocycles. The first-order valence-electron chi connectivity index (χ1n) is 6.97. The molecule has 0 saturated carbocycles. The normalized spacial score (nSPS) is 27.2. The van der Waals surface area contributed by atoms with Crippen molar-refractivity contribution in [1.29, 1.82) is 0 Å². The molecule has 0 bridgehead atoms. The van der Waals surface area contributed by atoms with Crippen LogP contribution in [-0.2, 0) is 4.74 Å². The van der Waals surface area contributed by atoms with E-state index in [4.69, 9.17) is 21.1 Å². The van der Waals surface area contributed by atoms with Crippen LogP contribution in [0.25, 0.3) is 0 Å². The van der Waals surface area contributed by atoms with Crippen molar-refractivity contribution in [3.05, 3.63) is 29.3 Å². The summed E-state index contributed by atoms with van der Waals surface area (Å²) >= 11 is 6.54. The molecule has 0 aromatic heterocycles. The van der Waals surface area contributed by atoms with Crippen LogP contribution in [0.4, 0.5) is 0 Å². The summed E-state index contributed by atoms with van der Waals surface area (Å²) in [5.74, 6) is 0.943. The Morgan fingerprint density at radius 1 is 1.40 bits per heavy atom. The van der Waals surface area contributed by atoms with Gasteiger partial charge in [-0.1, -0.05) is 13.0 Å². The van der Waals surface area contributed by atoms with Crippen LogP contribution >= 0.6 is 11.6 Å². The second-order valence-electron chi connectivity index (χ2n) is 5.36. The molecule has 5 heteroatoms. The number of alkyl halides is 1. The van der Waals surface area contributed by atoms with E-state index in [-0.39, 0.29) is 17.4 Å². The van der Waals surface area contributed by atoms with Gasteiger partial charge in [0, 0.05) is 6.61 Å². The van der Waals surface area contributed by atoms with Crippen LogP contribution in [0.5, 0.6) is 5.75 Å². The average molecular weight is 296 g/mol. The number of amides is 1. The zero-order valence-electron chi connectivity index (χ0n) is 11.4. The minimum Gasteiger partial charge on any atom is -0.491 e. The van der Waals surface area contributed by atoms with Crippen LogP contribution in [0, 0.1) is 5.92 Å². The summed E-state index contributed by atoms with van der Waals surface area (Å²) in [4.78, 5) is 12.0. The Kier molecular flexibility index (Phi) is 3.85. The third kappa shape index (κ3) is 2.50. The molecule has 2 aliphatic heterocycles. The fourth-order valence-corrected chi connectivity index (χ4v) is 3.18. The average Bonchev–Trinajstić information content (AvgIpc) is 2.79. The van der Waals surface area contributed by atoms with Crippen LogP contribution in [0.3, 0.4) is 0 Å². The Labute approximate surface area is 123 Å². The first-order valence-corrected chi connectivity index (χ1v) is 7.41. The van der Waals surface area contributed by atoms with Gasteiger partial charge in [0.2, 0.25) is 0 Å². The predicted octanol–water partition coefficient (Wildman–Crippen LogP) is 2.51. The number of carbonyl (C=O) groups is 1. The van der Waals surface area contributed by atoms with Gasteiger partial charge in [0.25, 0.3) is 5.91 Å². The van der Waals surface area contributed by atoms with Gasteiger partial charge in [0.1, 0.15) is 12.4 Å². The second kappa shape index (κ2) is 5.62. The number of halogens is 1. The highest BCUT2D eigenvalue weighted by Gasteiger charge is 2.32. The van der Waals surface area contributed by atoms with E-state index < -0.39 is 0 Å². The number of benzene rings is 1. The summed E-state index contributed by atoms with van der Waals surface area (Å²) < 4.78 is 11.3. The fourth-order valence-electron chi connectivity index (χ4n) is 2.72. The smallest absolute Gasteiger partial charge is 0.255 e. The monoisotopic (exact) mass is 295 g/mol. The van der Waals surface area contributed by atoms with Gasteiger partial charge < -0.3 is 14.8 Å². The summed E-state index contributed by atoms with van der Waals surface area (Å²) in [6.07, 6.45) is 1.03. The van der Waals surface area contributed by atoms with E-state index in [9.17, 15) is 4.79 Å². The second-order valence-corrected chi connectivity index (χ2v) is 5.83. The van der Waals surface area contributed by atoms with Crippen molar-refractivity contribution in [2.45, 2.75) is 24.8 Å². The van der Waals surface area contributed by atoms with Gasteiger partial charge in [-0.2, -0.15) is 0 Å². The van der Waals surface area contributed by atoms with Crippen molar-refractivity contribution >= 4 is 17.5 Å². The Morgan fingerprint density at radius 3 is 3.00 bits per heavy atom. The summed E-state index contributed by atoms with van der Waals surface area (Å²) in [5, 5.41) is 2.57. The lowest BCUT2D eigenvalue weighted by atomic mass is 9.95. The predicted molar refractivity (Wildman–Crippen MR) is 76.4 cm³/mol. The molecule has 0 spiro atoms. The van der Waals surface area contributed by atoms with E-state index in [0.717, 1.165) is 18.6 Å². The Bertz CT molecular complexity index is 520. The summed E-state index contributed by atoms with van der Waals surface area (Å²) in [5.41, 5.74) is 1.46. The van der Waals surface area contributed by atoms with Crippen LogP contribution in [-0.4, -0.2) is 31.8 Å². The van der Waals surface area contributed by atoms with Crippen LogP contribution in [0.1, 0.15) is 34.6 Å². The van der Waals surface area contributed by atoms with Gasteiger partial charge >= 0.3 is 0 Å². The number of carbonyl (C=O) groups excluding carboxylic acids is 1. The SMILES string of the molecule is CC1CCOC1C(Cl)c1ccc2c(c1)C(=O)NCCO2. The molecule has 1 saturated heterocycles. The van der Waals surface area contributed by atoms with Gasteiger partial charge in [-0.15, -0.1) is 11.6 Å². The maximum Gasteiger partial charge on any atom is 0.255 e. The maximum atomic E-state index is 12.0. The van der Waals surface area contributed by atoms with Crippen LogP contribution in [0.2, 0.25) is 0 Å². The van der Waals surface area contributed by atoms with Crippen molar-refractivity contribution in [2.24, 2.45) is 5.92 Å². The number of hydrogen-bond acceptors (Lipinski definition) is 3. The molecule has 0 radical (unpaired) electrons. The van der Waals surface area contributed by atoms with Gasteiger partial charge in [-0.3, -0.25) is 4.79 Å². The summed E-state index contributed by atoms with van der Waals surface area (Å²) in [6.45, 7) is 3.91. The van der Waals surface area contributed by atoms with Crippen molar-refractivity contribution < 1.29 is 14.3 Å². The molecular weight excluding hydrogens is 278 g/mol. The third-order valence-electron chi connectivity index (χ3n) is 3.94. The quantitative estimate of drug-likeness (QED) is 0.853. The highest BCUT2D eigenvalue weighted by Crippen LogP contribution is 2.37. The molecule has 20 heavy (non-hydrogen) atoms. The molecule has 3 atom stereocenters. The molecule has 2 aliphatic rings. The van der Waals surface area contributed by atoms with E-state index in [1.165, 1.54) is 0 Å². The van der Waals surface area contributed by atoms with Crippen molar-refractivity contribution in [3.8, 4) is 5.75 Å². The number of ether oxygens (including phenoxy) is 2.